The van der Waals surface area contributed by atoms with Gasteiger partial charge in [0.15, 0.2) is 0 Å². The van der Waals surface area contributed by atoms with Gasteiger partial charge in [-0.3, -0.25) is 5.10 Å². The molecule has 1 N–H and O–H groups in total. The molecule has 1 amide bonds. The molecule has 0 saturated carbocycles. The largest absolute Gasteiger partial charge is 0.444 e. The number of H-pyrrole nitrogens is 1. The molecule has 0 aliphatic carbocycles. The summed E-state index contributed by atoms with van der Waals surface area (Å²) in [5.74, 6) is 0.447. The Hall–Kier alpha value is -1.52. The van der Waals surface area contributed by atoms with Crippen molar-refractivity contribution in [3.8, 4) is 0 Å². The highest BCUT2D eigenvalue weighted by molar-refractivity contribution is 5.68. The summed E-state index contributed by atoms with van der Waals surface area (Å²) in [7, 11) is 0. The normalized spacial score (nSPS) is 17.6. The number of hydrogen-bond donors (Lipinski definition) is 1. The summed E-state index contributed by atoms with van der Waals surface area (Å²) in [5.41, 5.74) is 1.91. The van der Waals surface area contributed by atoms with E-state index in [1.165, 1.54) is 5.69 Å². The van der Waals surface area contributed by atoms with Crippen LogP contribution < -0.4 is 0 Å². The molecule has 1 aliphatic rings. The molecule has 2 heterocycles. The van der Waals surface area contributed by atoms with Crippen LogP contribution in [0.2, 0.25) is 0 Å². The van der Waals surface area contributed by atoms with Crippen molar-refractivity contribution in [2.75, 3.05) is 13.1 Å². The molecule has 22 heavy (non-hydrogen) atoms. The number of ether oxygens (including phenoxy) is 1. The van der Waals surface area contributed by atoms with E-state index in [4.69, 9.17) is 4.74 Å². The molecule has 5 nitrogen and oxygen atoms in total. The highest BCUT2D eigenvalue weighted by atomic mass is 16.6. The minimum Gasteiger partial charge on any atom is -0.444 e. The van der Waals surface area contributed by atoms with Gasteiger partial charge in [-0.1, -0.05) is 20.8 Å². The van der Waals surface area contributed by atoms with Crippen LogP contribution in [0.15, 0.2) is 6.07 Å². The number of hydrogen-bond acceptors (Lipinski definition) is 3. The molecule has 5 heteroatoms. The van der Waals surface area contributed by atoms with Crippen LogP contribution in [0.1, 0.15) is 71.7 Å². The maximum atomic E-state index is 12.1. The van der Waals surface area contributed by atoms with Crippen molar-refractivity contribution in [3.63, 3.8) is 0 Å². The van der Waals surface area contributed by atoms with E-state index in [-0.39, 0.29) is 11.5 Å². The second kappa shape index (κ2) is 5.94. The Morgan fingerprint density at radius 2 is 1.82 bits per heavy atom. The van der Waals surface area contributed by atoms with E-state index in [2.05, 4.69) is 37.0 Å². The predicted molar refractivity (Wildman–Crippen MR) is 87.1 cm³/mol. The third kappa shape index (κ3) is 4.24. The van der Waals surface area contributed by atoms with E-state index in [0.29, 0.717) is 5.92 Å². The van der Waals surface area contributed by atoms with E-state index in [1.54, 1.807) is 0 Å². The summed E-state index contributed by atoms with van der Waals surface area (Å²) in [6.45, 7) is 13.7. The predicted octanol–water partition coefficient (Wildman–Crippen LogP) is 3.82. The van der Waals surface area contributed by atoms with Crippen LogP contribution in [0.3, 0.4) is 0 Å². The Labute approximate surface area is 133 Å². The first-order chi connectivity index (χ1) is 10.1. The first kappa shape index (κ1) is 16.8. The number of aromatic amines is 1. The van der Waals surface area contributed by atoms with Gasteiger partial charge < -0.3 is 9.64 Å². The Kier molecular flexibility index (Phi) is 4.54. The highest BCUT2D eigenvalue weighted by Gasteiger charge is 2.29. The summed E-state index contributed by atoms with van der Waals surface area (Å²) in [4.78, 5) is 13.9. The average molecular weight is 307 g/mol. The molecular formula is C17H29N3O2. The topological polar surface area (TPSA) is 58.2 Å². The summed E-state index contributed by atoms with van der Waals surface area (Å²) in [6.07, 6.45) is 1.70. The number of carbonyl (C=O) groups is 1. The zero-order valence-electron chi connectivity index (χ0n) is 14.7. The number of carbonyl (C=O) groups excluding carboxylic acids is 1. The highest BCUT2D eigenvalue weighted by Crippen LogP contribution is 2.30. The first-order valence-corrected chi connectivity index (χ1v) is 8.10. The van der Waals surface area contributed by atoms with Crippen molar-refractivity contribution in [1.29, 1.82) is 0 Å². The maximum absolute atomic E-state index is 12.1. The van der Waals surface area contributed by atoms with E-state index in [9.17, 15) is 4.79 Å². The van der Waals surface area contributed by atoms with Crippen molar-refractivity contribution < 1.29 is 9.53 Å². The maximum Gasteiger partial charge on any atom is 0.410 e. The summed E-state index contributed by atoms with van der Waals surface area (Å²) >= 11 is 0. The molecule has 0 spiro atoms. The van der Waals surface area contributed by atoms with E-state index >= 15 is 0 Å². The van der Waals surface area contributed by atoms with Crippen LogP contribution in [0.4, 0.5) is 4.79 Å². The van der Waals surface area contributed by atoms with Gasteiger partial charge in [0.25, 0.3) is 0 Å². The van der Waals surface area contributed by atoms with Gasteiger partial charge in [0.1, 0.15) is 5.60 Å². The molecular weight excluding hydrogens is 278 g/mol. The molecule has 0 unspecified atom stereocenters. The molecule has 1 aliphatic heterocycles. The van der Waals surface area contributed by atoms with Crippen LogP contribution in [0, 0.1) is 0 Å². The lowest BCUT2D eigenvalue weighted by Gasteiger charge is -2.33. The van der Waals surface area contributed by atoms with Crippen molar-refractivity contribution in [2.45, 2.75) is 71.3 Å². The van der Waals surface area contributed by atoms with Crippen LogP contribution in [-0.4, -0.2) is 39.9 Å². The number of nitrogens with zero attached hydrogens (tertiary/aromatic N) is 2. The van der Waals surface area contributed by atoms with Crippen molar-refractivity contribution in [1.82, 2.24) is 15.1 Å². The minimum atomic E-state index is -0.432. The van der Waals surface area contributed by atoms with Gasteiger partial charge >= 0.3 is 6.09 Å². The number of nitrogens with one attached hydrogen (secondary N) is 1. The molecule has 1 fully saturated rings. The third-order valence-electron chi connectivity index (χ3n) is 3.95. The molecule has 2 rings (SSSR count). The van der Waals surface area contributed by atoms with Crippen LogP contribution in [0.25, 0.3) is 0 Å². The smallest absolute Gasteiger partial charge is 0.410 e. The van der Waals surface area contributed by atoms with Gasteiger partial charge in [0, 0.05) is 30.1 Å². The molecule has 0 atom stereocenters. The molecule has 1 saturated heterocycles. The second-order valence-corrected chi connectivity index (χ2v) is 8.20. The Morgan fingerprint density at radius 1 is 1.23 bits per heavy atom. The molecule has 0 bridgehead atoms. The quantitative estimate of drug-likeness (QED) is 0.858. The van der Waals surface area contributed by atoms with Gasteiger partial charge in [-0.25, -0.2) is 4.79 Å². The number of piperidine rings is 1. The van der Waals surface area contributed by atoms with E-state index in [0.717, 1.165) is 31.6 Å². The van der Waals surface area contributed by atoms with Crippen LogP contribution in [0.5, 0.6) is 0 Å². The van der Waals surface area contributed by atoms with Gasteiger partial charge in [0.2, 0.25) is 0 Å². The monoisotopic (exact) mass is 307 g/mol. The second-order valence-electron chi connectivity index (χ2n) is 8.20. The zero-order valence-corrected chi connectivity index (χ0v) is 14.7. The Balaban J connectivity index is 1.92. The number of amides is 1. The fraction of sp³-hybridized carbons (Fsp3) is 0.765. The molecule has 0 radical (unpaired) electrons. The van der Waals surface area contributed by atoms with E-state index < -0.39 is 5.60 Å². The average Bonchev–Trinajstić information content (AvgIpc) is 2.86. The summed E-state index contributed by atoms with van der Waals surface area (Å²) in [6, 6.07) is 2.17. The summed E-state index contributed by atoms with van der Waals surface area (Å²) in [5, 5.41) is 7.61. The SMILES string of the molecule is CC(C)(C)OC(=O)N1CCC(c2cc(C(C)(C)C)n[nH]2)CC1. The lowest BCUT2D eigenvalue weighted by atomic mass is 9.89. The number of rotatable bonds is 1. The van der Waals surface area contributed by atoms with Crippen molar-refractivity contribution in [2.24, 2.45) is 0 Å². The van der Waals surface area contributed by atoms with Gasteiger partial charge in [0.05, 0.1) is 5.69 Å². The zero-order chi connectivity index (χ0) is 16.5. The molecule has 124 valence electrons. The molecule has 0 aromatic carbocycles. The Morgan fingerprint density at radius 3 is 2.27 bits per heavy atom. The fourth-order valence-electron chi connectivity index (χ4n) is 2.63. The fourth-order valence-corrected chi connectivity index (χ4v) is 2.63. The third-order valence-corrected chi connectivity index (χ3v) is 3.95. The Bertz CT molecular complexity index is 515. The molecule has 1 aromatic rings. The first-order valence-electron chi connectivity index (χ1n) is 8.10. The van der Waals surface area contributed by atoms with E-state index in [1.807, 2.05) is 25.7 Å². The van der Waals surface area contributed by atoms with Crippen molar-refractivity contribution in [3.05, 3.63) is 17.5 Å². The van der Waals surface area contributed by atoms with Gasteiger partial charge in [-0.15, -0.1) is 0 Å². The van der Waals surface area contributed by atoms with Crippen molar-refractivity contribution >= 4 is 6.09 Å². The lowest BCUT2D eigenvalue weighted by Crippen LogP contribution is -2.41. The lowest BCUT2D eigenvalue weighted by molar-refractivity contribution is 0.0204. The van der Waals surface area contributed by atoms with Crippen LogP contribution in [-0.2, 0) is 10.2 Å². The standard InChI is InChI=1S/C17H29N3O2/c1-16(2,3)14-11-13(18-19-14)12-7-9-20(10-8-12)15(21)22-17(4,5)6/h11-12H,7-10H2,1-6H3,(H,18,19). The number of likely N-dealkylation sites (tertiary alicyclic amines) is 1. The van der Waals surface area contributed by atoms with Gasteiger partial charge in [-0.05, 0) is 39.7 Å². The van der Waals surface area contributed by atoms with Gasteiger partial charge in [-0.2, -0.15) is 5.10 Å². The number of aromatic nitrogens is 2. The minimum absolute atomic E-state index is 0.0615. The van der Waals surface area contributed by atoms with Crippen LogP contribution >= 0.6 is 0 Å². The molecule has 1 aromatic heterocycles. The summed E-state index contributed by atoms with van der Waals surface area (Å²) < 4.78 is 5.43.